The third kappa shape index (κ3) is 3.75. The number of benzene rings is 1. The van der Waals surface area contributed by atoms with Gasteiger partial charge in [0.2, 0.25) is 0 Å². The minimum atomic E-state index is -4.22. The average molecular weight is 271 g/mol. The summed E-state index contributed by atoms with van der Waals surface area (Å²) < 4.78 is 37.9. The first-order chi connectivity index (χ1) is 8.96. The Balaban J connectivity index is 2.10. The first-order valence-electron chi connectivity index (χ1n) is 5.59. The van der Waals surface area contributed by atoms with Crippen LogP contribution in [-0.2, 0) is 0 Å². The molecule has 5 nitrogen and oxygen atoms in total. The third-order valence-electron chi connectivity index (χ3n) is 2.59. The molecule has 1 unspecified atom stereocenters. The monoisotopic (exact) mass is 271 g/mol. The van der Waals surface area contributed by atoms with E-state index >= 15 is 0 Å². The normalized spacial score (nSPS) is 13.5. The molecule has 0 saturated carbocycles. The Hall–Kier alpha value is -1.96. The standard InChI is InChI=1S/C11H12F3N5/c1-8(15-6-11(12,13)14)9-3-2-4-10(5-9)19-7-16-17-18-19/h2-5,7-8,15H,6H2,1H3. The molecule has 0 aliphatic heterocycles. The first-order valence-corrected chi connectivity index (χ1v) is 5.59. The maximum Gasteiger partial charge on any atom is 0.401 e. The quantitative estimate of drug-likeness (QED) is 0.922. The van der Waals surface area contributed by atoms with Crippen molar-refractivity contribution in [3.05, 3.63) is 36.2 Å². The maximum absolute atomic E-state index is 12.1. The van der Waals surface area contributed by atoms with E-state index in [-0.39, 0.29) is 0 Å². The van der Waals surface area contributed by atoms with E-state index in [0.29, 0.717) is 5.69 Å². The SMILES string of the molecule is CC(NCC(F)(F)F)c1cccc(-n2cnnn2)c1. The molecular weight excluding hydrogens is 259 g/mol. The average Bonchev–Trinajstić information content (AvgIpc) is 2.89. The summed E-state index contributed by atoms with van der Waals surface area (Å²) in [6.07, 6.45) is -2.80. The van der Waals surface area contributed by atoms with Crippen molar-refractivity contribution in [3.8, 4) is 5.69 Å². The number of rotatable bonds is 4. The molecule has 0 saturated heterocycles. The van der Waals surface area contributed by atoms with Crippen LogP contribution in [0.25, 0.3) is 5.69 Å². The maximum atomic E-state index is 12.1. The van der Waals surface area contributed by atoms with Gasteiger partial charge in [0.1, 0.15) is 6.33 Å². The molecule has 0 bridgehead atoms. The van der Waals surface area contributed by atoms with Gasteiger partial charge in [-0.05, 0) is 35.0 Å². The molecule has 19 heavy (non-hydrogen) atoms. The number of tetrazole rings is 1. The summed E-state index contributed by atoms with van der Waals surface area (Å²) in [6.45, 7) is 0.647. The number of halogens is 3. The van der Waals surface area contributed by atoms with Gasteiger partial charge in [0.05, 0.1) is 12.2 Å². The van der Waals surface area contributed by atoms with Crippen LogP contribution in [0, 0.1) is 0 Å². The van der Waals surface area contributed by atoms with E-state index < -0.39 is 18.8 Å². The third-order valence-corrected chi connectivity index (χ3v) is 2.59. The molecule has 0 aliphatic carbocycles. The molecule has 2 rings (SSSR count). The van der Waals surface area contributed by atoms with Gasteiger partial charge in [-0.15, -0.1) is 5.10 Å². The van der Waals surface area contributed by atoms with Gasteiger partial charge in [-0.3, -0.25) is 0 Å². The van der Waals surface area contributed by atoms with Crippen molar-refractivity contribution >= 4 is 0 Å². The van der Waals surface area contributed by atoms with Gasteiger partial charge in [0.15, 0.2) is 0 Å². The molecule has 1 atom stereocenters. The molecule has 0 fully saturated rings. The van der Waals surface area contributed by atoms with Crippen molar-refractivity contribution in [2.45, 2.75) is 19.1 Å². The van der Waals surface area contributed by atoms with Crippen molar-refractivity contribution < 1.29 is 13.2 Å². The van der Waals surface area contributed by atoms with E-state index in [9.17, 15) is 13.2 Å². The summed E-state index contributed by atoms with van der Waals surface area (Å²) in [7, 11) is 0. The molecule has 1 heterocycles. The van der Waals surface area contributed by atoms with Crippen LogP contribution in [0.15, 0.2) is 30.6 Å². The van der Waals surface area contributed by atoms with Gasteiger partial charge < -0.3 is 5.32 Å². The first kappa shape index (κ1) is 13.5. The second kappa shape index (κ2) is 5.35. The van der Waals surface area contributed by atoms with Crippen molar-refractivity contribution in [3.63, 3.8) is 0 Å². The fourth-order valence-corrected chi connectivity index (χ4v) is 1.60. The Kier molecular flexibility index (Phi) is 3.79. The predicted octanol–water partition coefficient (Wildman–Crippen LogP) is 1.88. The second-order valence-corrected chi connectivity index (χ2v) is 4.07. The highest BCUT2D eigenvalue weighted by Gasteiger charge is 2.27. The number of aromatic nitrogens is 4. The van der Waals surface area contributed by atoms with Crippen LogP contribution in [0.4, 0.5) is 13.2 Å². The van der Waals surface area contributed by atoms with E-state index in [1.165, 1.54) is 11.0 Å². The molecule has 0 aliphatic rings. The molecule has 1 N–H and O–H groups in total. The highest BCUT2D eigenvalue weighted by atomic mass is 19.4. The van der Waals surface area contributed by atoms with Crippen molar-refractivity contribution in [2.75, 3.05) is 6.54 Å². The van der Waals surface area contributed by atoms with Crippen molar-refractivity contribution in [1.29, 1.82) is 0 Å². The zero-order chi connectivity index (χ0) is 13.9. The van der Waals surface area contributed by atoms with Crippen molar-refractivity contribution in [2.24, 2.45) is 0 Å². The van der Waals surface area contributed by atoms with Crippen LogP contribution in [-0.4, -0.2) is 32.9 Å². The molecule has 102 valence electrons. The van der Waals surface area contributed by atoms with Gasteiger partial charge in [0.25, 0.3) is 0 Å². The molecule has 0 amide bonds. The summed E-state index contributed by atoms with van der Waals surface area (Å²) in [5, 5.41) is 13.2. The summed E-state index contributed by atoms with van der Waals surface area (Å²) in [4.78, 5) is 0. The molecule has 1 aromatic carbocycles. The van der Waals surface area contributed by atoms with Crippen molar-refractivity contribution in [1.82, 2.24) is 25.5 Å². The van der Waals surface area contributed by atoms with Gasteiger partial charge in [-0.1, -0.05) is 12.1 Å². The van der Waals surface area contributed by atoms with Gasteiger partial charge >= 0.3 is 6.18 Å². The minimum absolute atomic E-state index is 0.418. The highest BCUT2D eigenvalue weighted by molar-refractivity contribution is 5.35. The van der Waals surface area contributed by atoms with E-state index in [2.05, 4.69) is 20.8 Å². The van der Waals surface area contributed by atoms with E-state index in [4.69, 9.17) is 0 Å². The topological polar surface area (TPSA) is 55.6 Å². The summed E-state index contributed by atoms with van der Waals surface area (Å²) >= 11 is 0. The Morgan fingerprint density at radius 1 is 1.37 bits per heavy atom. The number of nitrogens with one attached hydrogen (secondary N) is 1. The van der Waals surface area contributed by atoms with Gasteiger partial charge in [0, 0.05) is 6.04 Å². The Morgan fingerprint density at radius 2 is 2.16 bits per heavy atom. The number of alkyl halides is 3. The molecular formula is C11H12F3N5. The van der Waals surface area contributed by atoms with Gasteiger partial charge in [-0.2, -0.15) is 13.2 Å². The largest absolute Gasteiger partial charge is 0.401 e. The lowest BCUT2D eigenvalue weighted by Gasteiger charge is -2.16. The predicted molar refractivity (Wildman–Crippen MR) is 61.6 cm³/mol. The molecule has 8 heteroatoms. The zero-order valence-electron chi connectivity index (χ0n) is 10.1. The van der Waals surface area contributed by atoms with Gasteiger partial charge in [-0.25, -0.2) is 4.68 Å². The lowest BCUT2D eigenvalue weighted by Crippen LogP contribution is -2.30. The summed E-state index contributed by atoms with van der Waals surface area (Å²) in [6, 6.07) is 6.60. The van der Waals surface area contributed by atoms with Crippen LogP contribution in [0.1, 0.15) is 18.5 Å². The highest BCUT2D eigenvalue weighted by Crippen LogP contribution is 2.19. The Bertz CT molecular complexity index is 523. The molecule has 0 radical (unpaired) electrons. The second-order valence-electron chi connectivity index (χ2n) is 4.07. The summed E-state index contributed by atoms with van der Waals surface area (Å²) in [5.74, 6) is 0. The number of hydrogen-bond donors (Lipinski definition) is 1. The van der Waals surface area contributed by atoms with Crippen LogP contribution >= 0.6 is 0 Å². The number of hydrogen-bond acceptors (Lipinski definition) is 4. The summed E-state index contributed by atoms with van der Waals surface area (Å²) in [5.41, 5.74) is 1.43. The Morgan fingerprint density at radius 3 is 2.79 bits per heavy atom. The molecule has 2 aromatic rings. The Labute approximate surface area is 107 Å². The van der Waals surface area contributed by atoms with Crippen LogP contribution in [0.3, 0.4) is 0 Å². The lowest BCUT2D eigenvalue weighted by atomic mass is 10.1. The van der Waals surface area contributed by atoms with Crippen LogP contribution in [0.5, 0.6) is 0 Å². The molecule has 0 spiro atoms. The minimum Gasteiger partial charge on any atom is -0.302 e. The van der Waals surface area contributed by atoms with E-state index in [1.807, 2.05) is 0 Å². The lowest BCUT2D eigenvalue weighted by molar-refractivity contribution is -0.126. The van der Waals surface area contributed by atoms with E-state index in [0.717, 1.165) is 5.56 Å². The zero-order valence-corrected chi connectivity index (χ0v) is 10.1. The fraction of sp³-hybridized carbons (Fsp3) is 0.364. The molecule has 1 aromatic heterocycles. The fourth-order valence-electron chi connectivity index (χ4n) is 1.60. The smallest absolute Gasteiger partial charge is 0.302 e. The van der Waals surface area contributed by atoms with Crippen LogP contribution in [0.2, 0.25) is 0 Å². The number of nitrogens with zero attached hydrogens (tertiary/aromatic N) is 4. The van der Waals surface area contributed by atoms with E-state index in [1.54, 1.807) is 31.2 Å². The van der Waals surface area contributed by atoms with Crippen LogP contribution < -0.4 is 5.32 Å².